The van der Waals surface area contributed by atoms with E-state index in [1.165, 1.54) is 13.2 Å². The molecule has 1 aromatic rings. The number of likely N-dealkylation sites (tertiary alicyclic amines) is 1. The fourth-order valence-electron chi connectivity index (χ4n) is 2.70. The molecule has 0 radical (unpaired) electrons. The van der Waals surface area contributed by atoms with Crippen molar-refractivity contribution in [2.75, 3.05) is 26.8 Å². The summed E-state index contributed by atoms with van der Waals surface area (Å²) in [6.07, 6.45) is 4.94. The van der Waals surface area contributed by atoms with E-state index in [0.717, 1.165) is 31.5 Å². The third-order valence-corrected chi connectivity index (χ3v) is 4.09. The van der Waals surface area contributed by atoms with Gasteiger partial charge in [-0.15, -0.1) is 0 Å². The van der Waals surface area contributed by atoms with Crippen molar-refractivity contribution in [3.05, 3.63) is 41.5 Å². The molecule has 1 fully saturated rings. The maximum absolute atomic E-state index is 12.0. The number of nitrogens with zero attached hydrogens (tertiary/aromatic N) is 1. The summed E-state index contributed by atoms with van der Waals surface area (Å²) >= 11 is 0. The van der Waals surface area contributed by atoms with Crippen LogP contribution in [0.15, 0.2) is 30.3 Å². The zero-order chi connectivity index (χ0) is 18.2. The topological polar surface area (TPSA) is 72.9 Å². The van der Waals surface area contributed by atoms with Gasteiger partial charge in [0, 0.05) is 19.2 Å². The highest BCUT2D eigenvalue weighted by atomic mass is 16.5. The largest absolute Gasteiger partial charge is 0.465 e. The molecule has 1 aliphatic heterocycles. The Labute approximate surface area is 147 Å². The molecule has 1 saturated heterocycles. The predicted octanol–water partition coefficient (Wildman–Crippen LogP) is 2.29. The van der Waals surface area contributed by atoms with E-state index in [2.05, 4.69) is 11.7 Å². The molecule has 0 N–H and O–H groups in total. The van der Waals surface area contributed by atoms with E-state index in [-0.39, 0.29) is 12.5 Å². The lowest BCUT2D eigenvalue weighted by atomic mass is 10.0. The second-order valence-electron chi connectivity index (χ2n) is 6.14. The van der Waals surface area contributed by atoms with Gasteiger partial charge in [-0.05, 0) is 42.5 Å². The van der Waals surface area contributed by atoms with Gasteiger partial charge < -0.3 is 14.4 Å². The predicted molar refractivity (Wildman–Crippen MR) is 92.8 cm³/mol. The first-order valence-corrected chi connectivity index (χ1v) is 8.30. The Morgan fingerprint density at radius 1 is 1.24 bits per heavy atom. The van der Waals surface area contributed by atoms with E-state index in [1.807, 2.05) is 0 Å². The highest BCUT2D eigenvalue weighted by molar-refractivity contribution is 5.91. The lowest BCUT2D eigenvalue weighted by Crippen LogP contribution is -2.41. The first-order chi connectivity index (χ1) is 12.0. The van der Waals surface area contributed by atoms with Crippen LogP contribution >= 0.6 is 0 Å². The van der Waals surface area contributed by atoms with Gasteiger partial charge in [0.2, 0.25) is 0 Å². The molecule has 1 atom stereocenters. The number of methoxy groups -OCH3 is 1. The average molecular weight is 345 g/mol. The molecular formula is C19H23NO5. The highest BCUT2D eigenvalue weighted by Crippen LogP contribution is 2.15. The number of carbonyl (C=O) groups excluding carboxylic acids is 3. The molecule has 0 aromatic heterocycles. The van der Waals surface area contributed by atoms with Gasteiger partial charge in [0.1, 0.15) is 0 Å². The number of esters is 2. The Hall–Kier alpha value is -2.63. The standard InChI is InChI=1S/C19H23NO5/c1-14-4-3-11-20(12-14)17(21)13-25-18(22)10-7-15-5-8-16(9-6-15)19(23)24-2/h5-10,14H,3-4,11-13H2,1-2H3/b10-7+. The normalized spacial score (nSPS) is 17.4. The van der Waals surface area contributed by atoms with Gasteiger partial charge in [0.15, 0.2) is 6.61 Å². The molecule has 0 spiro atoms. The van der Waals surface area contributed by atoms with Crippen LogP contribution < -0.4 is 0 Å². The first-order valence-electron chi connectivity index (χ1n) is 8.30. The Kier molecular flexibility index (Phi) is 6.74. The maximum Gasteiger partial charge on any atom is 0.337 e. The fraction of sp³-hybridized carbons (Fsp3) is 0.421. The van der Waals surface area contributed by atoms with Gasteiger partial charge in [-0.2, -0.15) is 0 Å². The van der Waals surface area contributed by atoms with Gasteiger partial charge in [-0.25, -0.2) is 9.59 Å². The molecule has 25 heavy (non-hydrogen) atoms. The summed E-state index contributed by atoms with van der Waals surface area (Å²) in [5.41, 5.74) is 1.17. The van der Waals surface area contributed by atoms with Gasteiger partial charge in [0.25, 0.3) is 5.91 Å². The maximum atomic E-state index is 12.0. The zero-order valence-corrected chi connectivity index (χ0v) is 14.6. The number of hydrogen-bond acceptors (Lipinski definition) is 5. The van der Waals surface area contributed by atoms with Crippen molar-refractivity contribution in [2.24, 2.45) is 5.92 Å². The summed E-state index contributed by atoms with van der Waals surface area (Å²) < 4.78 is 9.62. The lowest BCUT2D eigenvalue weighted by Gasteiger charge is -2.30. The summed E-state index contributed by atoms with van der Waals surface area (Å²) in [4.78, 5) is 36.9. The van der Waals surface area contributed by atoms with Crippen molar-refractivity contribution in [3.8, 4) is 0 Å². The van der Waals surface area contributed by atoms with E-state index >= 15 is 0 Å². The molecule has 1 unspecified atom stereocenters. The van der Waals surface area contributed by atoms with Gasteiger partial charge in [-0.1, -0.05) is 19.1 Å². The minimum absolute atomic E-state index is 0.157. The van der Waals surface area contributed by atoms with E-state index < -0.39 is 11.9 Å². The third-order valence-electron chi connectivity index (χ3n) is 4.09. The van der Waals surface area contributed by atoms with Crippen molar-refractivity contribution in [1.82, 2.24) is 4.90 Å². The van der Waals surface area contributed by atoms with Gasteiger partial charge >= 0.3 is 11.9 Å². The van der Waals surface area contributed by atoms with E-state index in [1.54, 1.807) is 35.2 Å². The number of carbonyl (C=O) groups is 3. The number of piperidine rings is 1. The van der Waals surface area contributed by atoms with Crippen LogP contribution in [0.4, 0.5) is 0 Å². The van der Waals surface area contributed by atoms with Crippen molar-refractivity contribution >= 4 is 23.9 Å². The van der Waals surface area contributed by atoms with Crippen molar-refractivity contribution in [3.63, 3.8) is 0 Å². The SMILES string of the molecule is COC(=O)c1ccc(/C=C/C(=O)OCC(=O)N2CCCC(C)C2)cc1. The van der Waals surface area contributed by atoms with E-state index in [4.69, 9.17) is 4.74 Å². The van der Waals surface area contributed by atoms with Crippen LogP contribution in [0.2, 0.25) is 0 Å². The van der Waals surface area contributed by atoms with Crippen LogP contribution in [0, 0.1) is 5.92 Å². The second kappa shape index (κ2) is 9.01. The molecule has 6 heteroatoms. The molecule has 0 saturated carbocycles. The molecular weight excluding hydrogens is 322 g/mol. The van der Waals surface area contributed by atoms with Crippen LogP contribution in [0.3, 0.4) is 0 Å². The zero-order valence-electron chi connectivity index (χ0n) is 14.6. The van der Waals surface area contributed by atoms with E-state index in [0.29, 0.717) is 11.5 Å². The molecule has 0 bridgehead atoms. The van der Waals surface area contributed by atoms with Crippen LogP contribution in [-0.4, -0.2) is 49.6 Å². The number of benzene rings is 1. The van der Waals surface area contributed by atoms with E-state index in [9.17, 15) is 14.4 Å². The molecule has 1 aliphatic rings. The van der Waals surface area contributed by atoms with Crippen LogP contribution in [0.25, 0.3) is 6.08 Å². The highest BCUT2D eigenvalue weighted by Gasteiger charge is 2.21. The van der Waals surface area contributed by atoms with Crippen LogP contribution in [0.5, 0.6) is 0 Å². The molecule has 2 rings (SSSR count). The van der Waals surface area contributed by atoms with Crippen LogP contribution in [-0.2, 0) is 19.1 Å². The molecule has 6 nitrogen and oxygen atoms in total. The van der Waals surface area contributed by atoms with Crippen molar-refractivity contribution in [1.29, 1.82) is 0 Å². The monoisotopic (exact) mass is 345 g/mol. The molecule has 1 heterocycles. The van der Waals surface area contributed by atoms with Crippen molar-refractivity contribution < 1.29 is 23.9 Å². The average Bonchev–Trinajstić information content (AvgIpc) is 2.64. The quantitative estimate of drug-likeness (QED) is 0.605. The number of hydrogen-bond donors (Lipinski definition) is 0. The third kappa shape index (κ3) is 5.74. The van der Waals surface area contributed by atoms with Crippen LogP contribution in [0.1, 0.15) is 35.7 Å². The summed E-state index contributed by atoms with van der Waals surface area (Å²) in [6.45, 7) is 3.32. The molecule has 1 amide bonds. The minimum atomic E-state index is -0.574. The lowest BCUT2D eigenvalue weighted by molar-refractivity contribution is -0.149. The summed E-state index contributed by atoms with van der Waals surface area (Å²) in [6, 6.07) is 6.60. The Bertz CT molecular complexity index is 650. The smallest absolute Gasteiger partial charge is 0.337 e. The summed E-state index contributed by atoms with van der Waals surface area (Å²) in [7, 11) is 1.32. The van der Waals surface area contributed by atoms with Crippen molar-refractivity contribution in [2.45, 2.75) is 19.8 Å². The number of rotatable bonds is 5. The summed E-state index contributed by atoms with van der Waals surface area (Å²) in [5, 5.41) is 0. The van der Waals surface area contributed by atoms with Gasteiger partial charge in [-0.3, -0.25) is 4.79 Å². The number of ether oxygens (including phenoxy) is 2. The summed E-state index contributed by atoms with van der Waals surface area (Å²) in [5.74, 6) is -0.659. The molecule has 134 valence electrons. The molecule has 0 aliphatic carbocycles. The Balaban J connectivity index is 1.80. The number of amides is 1. The first kappa shape index (κ1) is 18.7. The Morgan fingerprint density at radius 3 is 2.60 bits per heavy atom. The Morgan fingerprint density at radius 2 is 1.96 bits per heavy atom. The second-order valence-corrected chi connectivity index (χ2v) is 6.14. The molecule has 1 aromatic carbocycles. The minimum Gasteiger partial charge on any atom is -0.465 e. The fourth-order valence-corrected chi connectivity index (χ4v) is 2.70. The van der Waals surface area contributed by atoms with Gasteiger partial charge in [0.05, 0.1) is 12.7 Å².